The van der Waals surface area contributed by atoms with Gasteiger partial charge in [0.15, 0.2) is 17.3 Å². The molecule has 160 valence electrons. The fraction of sp³-hybridized carbons (Fsp3) is 0.478. The number of nitrogens with one attached hydrogen (secondary N) is 1. The lowest BCUT2D eigenvalue weighted by Gasteiger charge is -2.39. The summed E-state index contributed by atoms with van der Waals surface area (Å²) in [5.41, 5.74) is 3.37. The Morgan fingerprint density at radius 3 is 2.67 bits per heavy atom. The van der Waals surface area contributed by atoms with Crippen molar-refractivity contribution < 1.29 is 23.8 Å². The first-order valence-corrected chi connectivity index (χ1v) is 11.0. The van der Waals surface area contributed by atoms with Gasteiger partial charge >= 0.3 is 5.97 Å². The summed E-state index contributed by atoms with van der Waals surface area (Å²) in [5, 5.41) is 3.35. The predicted octanol–water partition coefficient (Wildman–Crippen LogP) is 4.74. The highest BCUT2D eigenvalue weighted by atomic mass is 79.9. The molecule has 4 rings (SSSR count). The third-order valence-electron chi connectivity index (χ3n) is 5.70. The zero-order chi connectivity index (χ0) is 21.6. The number of ketones is 1. The Bertz CT molecular complexity index is 992. The van der Waals surface area contributed by atoms with Gasteiger partial charge in [-0.25, -0.2) is 4.79 Å². The van der Waals surface area contributed by atoms with Crippen molar-refractivity contribution >= 4 is 27.7 Å². The molecule has 0 saturated heterocycles. The van der Waals surface area contributed by atoms with Gasteiger partial charge in [-0.3, -0.25) is 4.79 Å². The first-order chi connectivity index (χ1) is 14.2. The van der Waals surface area contributed by atoms with Crippen LogP contribution in [0.5, 0.6) is 11.5 Å². The Hall–Kier alpha value is -2.28. The van der Waals surface area contributed by atoms with Gasteiger partial charge < -0.3 is 19.5 Å². The van der Waals surface area contributed by atoms with Gasteiger partial charge in [0.1, 0.15) is 0 Å². The number of fused-ring (bicyclic) bond motifs is 1. The van der Waals surface area contributed by atoms with E-state index < -0.39 is 11.9 Å². The normalized spacial score (nSPS) is 22.0. The number of Topliss-reactive ketones (excluding diaryl/α,β-unsaturated/α-hetero) is 1. The Morgan fingerprint density at radius 1 is 1.27 bits per heavy atom. The highest BCUT2D eigenvalue weighted by molar-refractivity contribution is 9.10. The minimum Gasteiger partial charge on any atom is -0.462 e. The number of benzene rings is 1. The van der Waals surface area contributed by atoms with Gasteiger partial charge in [-0.05, 0) is 42.9 Å². The third-order valence-corrected chi connectivity index (χ3v) is 6.39. The monoisotopic (exact) mass is 475 g/mol. The molecule has 1 aliphatic carbocycles. The number of ether oxygens (including phenoxy) is 3. The van der Waals surface area contributed by atoms with Crippen LogP contribution < -0.4 is 14.8 Å². The summed E-state index contributed by atoms with van der Waals surface area (Å²) in [5.74, 6) is 0.368. The second-order valence-corrected chi connectivity index (χ2v) is 9.65. The van der Waals surface area contributed by atoms with E-state index in [1.165, 1.54) is 0 Å². The van der Waals surface area contributed by atoms with E-state index in [2.05, 4.69) is 35.1 Å². The van der Waals surface area contributed by atoms with Crippen molar-refractivity contribution in [3.63, 3.8) is 0 Å². The van der Waals surface area contributed by atoms with Gasteiger partial charge in [-0.15, -0.1) is 0 Å². The number of rotatable bonds is 4. The molecule has 2 aliphatic heterocycles. The summed E-state index contributed by atoms with van der Waals surface area (Å²) in [4.78, 5) is 26.4. The van der Waals surface area contributed by atoms with Crippen LogP contribution in [-0.2, 0) is 14.3 Å². The van der Waals surface area contributed by atoms with Crippen molar-refractivity contribution in [1.29, 1.82) is 0 Å². The molecule has 2 heterocycles. The van der Waals surface area contributed by atoms with Crippen molar-refractivity contribution in [2.45, 2.75) is 52.9 Å². The second kappa shape index (κ2) is 7.76. The van der Waals surface area contributed by atoms with Crippen LogP contribution in [0.2, 0.25) is 0 Å². The first kappa shape index (κ1) is 21.0. The molecule has 1 N–H and O–H groups in total. The zero-order valence-corrected chi connectivity index (χ0v) is 19.3. The lowest BCUT2D eigenvalue weighted by Crippen LogP contribution is -2.38. The summed E-state index contributed by atoms with van der Waals surface area (Å²) in [6, 6.07) is 3.70. The van der Waals surface area contributed by atoms with Crippen LogP contribution in [-0.4, -0.2) is 25.2 Å². The van der Waals surface area contributed by atoms with Crippen molar-refractivity contribution in [3.05, 3.63) is 44.7 Å². The fourth-order valence-corrected chi connectivity index (χ4v) is 5.00. The molecule has 30 heavy (non-hydrogen) atoms. The fourth-order valence-electron chi connectivity index (χ4n) is 4.44. The maximum atomic E-state index is 13.3. The Morgan fingerprint density at radius 2 is 1.97 bits per heavy atom. The molecule has 0 saturated carbocycles. The van der Waals surface area contributed by atoms with Crippen LogP contribution in [0.4, 0.5) is 0 Å². The van der Waals surface area contributed by atoms with Crippen LogP contribution in [0.1, 0.15) is 58.4 Å². The van der Waals surface area contributed by atoms with E-state index in [4.69, 9.17) is 14.2 Å². The third kappa shape index (κ3) is 3.64. The first-order valence-electron chi connectivity index (χ1n) is 10.2. The van der Waals surface area contributed by atoms with Gasteiger partial charge in [0, 0.05) is 33.8 Å². The molecular weight excluding hydrogens is 450 g/mol. The molecule has 1 aromatic rings. The average molecular weight is 476 g/mol. The zero-order valence-electron chi connectivity index (χ0n) is 17.7. The lowest BCUT2D eigenvalue weighted by atomic mass is 9.68. The maximum Gasteiger partial charge on any atom is 0.336 e. The minimum absolute atomic E-state index is 0.0524. The molecule has 0 spiro atoms. The van der Waals surface area contributed by atoms with Crippen LogP contribution >= 0.6 is 15.9 Å². The molecule has 3 aliphatic rings. The highest BCUT2D eigenvalue weighted by Crippen LogP contribution is 2.50. The van der Waals surface area contributed by atoms with Crippen molar-refractivity contribution in [2.24, 2.45) is 5.41 Å². The van der Waals surface area contributed by atoms with Gasteiger partial charge in [0.25, 0.3) is 0 Å². The number of esters is 1. The Balaban J connectivity index is 1.88. The van der Waals surface area contributed by atoms with E-state index in [0.717, 1.165) is 34.3 Å². The van der Waals surface area contributed by atoms with E-state index in [1.54, 1.807) is 0 Å². The molecule has 1 atom stereocenters. The van der Waals surface area contributed by atoms with Gasteiger partial charge in [0.2, 0.25) is 6.79 Å². The number of allylic oxidation sites excluding steroid dienone is 3. The number of carbonyl (C=O) groups excluding carboxylic acids is 2. The van der Waals surface area contributed by atoms with Crippen molar-refractivity contribution in [3.8, 4) is 11.5 Å². The molecular formula is C23H26BrNO5. The SMILES string of the molecule is CCCOC(=O)C1=C(C)NC2=C(C(=O)CC(C)(C)C2)[C@H]1c1cc2c(cc1Br)OCO2. The largest absolute Gasteiger partial charge is 0.462 e. The topological polar surface area (TPSA) is 73.9 Å². The molecule has 0 fully saturated rings. The molecule has 1 aromatic carbocycles. The maximum absolute atomic E-state index is 13.3. The van der Waals surface area contributed by atoms with Crippen LogP contribution in [0.15, 0.2) is 39.1 Å². The Labute approximate surface area is 184 Å². The van der Waals surface area contributed by atoms with E-state index in [0.29, 0.717) is 35.7 Å². The van der Waals surface area contributed by atoms with Gasteiger partial charge in [0.05, 0.1) is 12.2 Å². The molecule has 0 unspecified atom stereocenters. The number of hydrogen-bond acceptors (Lipinski definition) is 6. The molecule has 0 aromatic heterocycles. The summed E-state index contributed by atoms with van der Waals surface area (Å²) in [7, 11) is 0. The number of dihydropyridines is 1. The molecule has 7 heteroatoms. The summed E-state index contributed by atoms with van der Waals surface area (Å²) < 4.78 is 17.3. The van der Waals surface area contributed by atoms with E-state index in [9.17, 15) is 9.59 Å². The van der Waals surface area contributed by atoms with E-state index >= 15 is 0 Å². The highest BCUT2D eigenvalue weighted by Gasteiger charge is 2.44. The van der Waals surface area contributed by atoms with E-state index in [-0.39, 0.29) is 18.0 Å². The van der Waals surface area contributed by atoms with E-state index in [1.807, 2.05) is 26.0 Å². The number of halogens is 1. The number of carbonyl (C=O) groups is 2. The van der Waals surface area contributed by atoms with Crippen LogP contribution in [0, 0.1) is 5.41 Å². The lowest BCUT2D eigenvalue weighted by molar-refractivity contribution is -0.139. The molecule has 0 radical (unpaired) electrons. The Kier molecular flexibility index (Phi) is 5.43. The number of hydrogen-bond donors (Lipinski definition) is 1. The van der Waals surface area contributed by atoms with Crippen LogP contribution in [0.3, 0.4) is 0 Å². The average Bonchev–Trinajstić information content (AvgIpc) is 3.10. The standard InChI is InChI=1S/C23H26BrNO5/c1-5-6-28-22(27)19-12(2)25-15-9-23(3,4)10-16(26)21(15)20(19)13-7-17-18(8-14(13)24)30-11-29-17/h7-8,20,25H,5-6,9-11H2,1-4H3/t20-/m0/s1. The molecule has 0 amide bonds. The predicted molar refractivity (Wildman–Crippen MR) is 115 cm³/mol. The molecule has 6 nitrogen and oxygen atoms in total. The quantitative estimate of drug-likeness (QED) is 0.634. The second-order valence-electron chi connectivity index (χ2n) is 8.79. The minimum atomic E-state index is -0.530. The van der Waals surface area contributed by atoms with Crippen LogP contribution in [0.25, 0.3) is 0 Å². The van der Waals surface area contributed by atoms with Gasteiger partial charge in [-0.1, -0.05) is 36.7 Å². The van der Waals surface area contributed by atoms with Crippen molar-refractivity contribution in [2.75, 3.05) is 13.4 Å². The summed E-state index contributed by atoms with van der Waals surface area (Å²) in [6.45, 7) is 8.48. The smallest absolute Gasteiger partial charge is 0.336 e. The van der Waals surface area contributed by atoms with Crippen molar-refractivity contribution in [1.82, 2.24) is 5.32 Å². The summed E-state index contributed by atoms with van der Waals surface area (Å²) >= 11 is 3.63. The summed E-state index contributed by atoms with van der Waals surface area (Å²) in [6.07, 6.45) is 1.90. The van der Waals surface area contributed by atoms with Gasteiger partial charge in [-0.2, -0.15) is 0 Å². The molecule has 0 bridgehead atoms.